The number of piperidine rings is 1. The van der Waals surface area contributed by atoms with E-state index in [-0.39, 0.29) is 11.7 Å². The monoisotopic (exact) mass is 378 g/mol. The maximum atomic E-state index is 13.0. The van der Waals surface area contributed by atoms with Crippen molar-refractivity contribution in [3.8, 4) is 5.75 Å². The molecule has 0 atom stereocenters. The van der Waals surface area contributed by atoms with Gasteiger partial charge in [0.2, 0.25) is 0 Å². The molecule has 2 aromatic carbocycles. The summed E-state index contributed by atoms with van der Waals surface area (Å²) in [5.41, 5.74) is 1.52. The number of halogens is 1. The summed E-state index contributed by atoms with van der Waals surface area (Å²) in [6, 6.07) is 18.0. The Kier molecular flexibility index (Phi) is 5.42. The second-order valence-electron chi connectivity index (χ2n) is 7.10. The number of rotatable bonds is 5. The highest BCUT2D eigenvalue weighted by molar-refractivity contribution is 5.94. The summed E-state index contributed by atoms with van der Waals surface area (Å²) >= 11 is 0. The van der Waals surface area contributed by atoms with Gasteiger partial charge in [-0.1, -0.05) is 18.2 Å². The fourth-order valence-electron chi connectivity index (χ4n) is 3.61. The van der Waals surface area contributed by atoms with Gasteiger partial charge in [0, 0.05) is 37.1 Å². The second-order valence-corrected chi connectivity index (χ2v) is 7.10. The second kappa shape index (κ2) is 8.30. The molecule has 0 saturated carbocycles. The molecule has 28 heavy (non-hydrogen) atoms. The van der Waals surface area contributed by atoms with Gasteiger partial charge in [-0.3, -0.25) is 4.79 Å². The van der Waals surface area contributed by atoms with Crippen molar-refractivity contribution in [1.82, 2.24) is 9.47 Å². The summed E-state index contributed by atoms with van der Waals surface area (Å²) in [6.45, 7) is 1.84. The number of aromatic nitrogens is 1. The lowest BCUT2D eigenvalue weighted by atomic mass is 10.0. The fraction of sp³-hybridized carbons (Fsp3) is 0.261. The maximum absolute atomic E-state index is 13.0. The van der Waals surface area contributed by atoms with Gasteiger partial charge < -0.3 is 14.2 Å². The molecule has 1 amide bonds. The van der Waals surface area contributed by atoms with Crippen LogP contribution in [0, 0.1) is 5.82 Å². The van der Waals surface area contributed by atoms with Crippen LogP contribution < -0.4 is 4.74 Å². The van der Waals surface area contributed by atoms with Gasteiger partial charge in [0.1, 0.15) is 18.2 Å². The van der Waals surface area contributed by atoms with Gasteiger partial charge in [0.15, 0.2) is 0 Å². The first-order chi connectivity index (χ1) is 13.7. The van der Waals surface area contributed by atoms with Crippen LogP contribution in [0.25, 0.3) is 0 Å². The molecule has 3 aromatic rings. The molecular formula is C23H23FN2O2. The fourth-order valence-corrected chi connectivity index (χ4v) is 3.61. The first-order valence-electron chi connectivity index (χ1n) is 9.58. The minimum atomic E-state index is -0.267. The molecule has 5 heteroatoms. The number of carbonyl (C=O) groups excluding carboxylic acids is 1. The average molecular weight is 378 g/mol. The van der Waals surface area contributed by atoms with Gasteiger partial charge in [-0.15, -0.1) is 0 Å². The maximum Gasteiger partial charge on any atom is 0.253 e. The minimum Gasteiger partial charge on any atom is -0.489 e. The Balaban J connectivity index is 1.36. The lowest BCUT2D eigenvalue weighted by molar-refractivity contribution is 0.0694. The van der Waals surface area contributed by atoms with Crippen molar-refractivity contribution in [2.75, 3.05) is 13.1 Å². The summed E-state index contributed by atoms with van der Waals surface area (Å²) in [4.78, 5) is 14.8. The quantitative estimate of drug-likeness (QED) is 0.646. The lowest BCUT2D eigenvalue weighted by Gasteiger charge is -2.33. The Morgan fingerprint density at radius 2 is 1.71 bits per heavy atom. The zero-order chi connectivity index (χ0) is 19.3. The number of likely N-dealkylation sites (tertiary alicyclic amines) is 1. The van der Waals surface area contributed by atoms with E-state index in [4.69, 9.17) is 4.74 Å². The highest BCUT2D eigenvalue weighted by Crippen LogP contribution is 2.24. The summed E-state index contributed by atoms with van der Waals surface area (Å²) in [6.07, 6.45) is 6.09. The Morgan fingerprint density at radius 1 is 1.00 bits per heavy atom. The van der Waals surface area contributed by atoms with Gasteiger partial charge in [-0.25, -0.2) is 4.39 Å². The molecule has 0 radical (unpaired) electrons. The molecule has 2 heterocycles. The van der Waals surface area contributed by atoms with Crippen molar-refractivity contribution >= 4 is 5.91 Å². The molecule has 4 rings (SSSR count). The molecule has 0 N–H and O–H groups in total. The molecule has 1 aromatic heterocycles. The molecule has 1 saturated heterocycles. The van der Waals surface area contributed by atoms with Crippen LogP contribution in [0.3, 0.4) is 0 Å². The smallest absolute Gasteiger partial charge is 0.253 e. The van der Waals surface area contributed by atoms with Gasteiger partial charge >= 0.3 is 0 Å². The molecule has 4 nitrogen and oxygen atoms in total. The number of amides is 1. The third-order valence-corrected chi connectivity index (χ3v) is 5.20. The van der Waals surface area contributed by atoms with E-state index in [1.54, 1.807) is 18.2 Å². The minimum absolute atomic E-state index is 0.0400. The van der Waals surface area contributed by atoms with Crippen molar-refractivity contribution in [1.29, 1.82) is 0 Å². The van der Waals surface area contributed by atoms with Crippen molar-refractivity contribution in [2.45, 2.75) is 25.5 Å². The van der Waals surface area contributed by atoms with Crippen LogP contribution in [0.2, 0.25) is 0 Å². The van der Waals surface area contributed by atoms with E-state index in [0.717, 1.165) is 31.5 Å². The van der Waals surface area contributed by atoms with Crippen LogP contribution in [0.5, 0.6) is 5.75 Å². The molecule has 0 spiro atoms. The van der Waals surface area contributed by atoms with E-state index in [2.05, 4.69) is 17.0 Å². The van der Waals surface area contributed by atoms with Crippen LogP contribution in [0.1, 0.15) is 34.8 Å². The number of benzene rings is 2. The third kappa shape index (κ3) is 4.25. The third-order valence-electron chi connectivity index (χ3n) is 5.20. The SMILES string of the molecule is O=C(c1cccc(OCc2ccc(F)cc2)c1)N1CCC(n2cccc2)CC1. The van der Waals surface area contributed by atoms with E-state index in [1.807, 2.05) is 35.2 Å². The van der Waals surface area contributed by atoms with E-state index < -0.39 is 0 Å². The molecule has 1 fully saturated rings. The molecule has 1 aliphatic heterocycles. The van der Waals surface area contributed by atoms with E-state index in [9.17, 15) is 9.18 Å². The van der Waals surface area contributed by atoms with Crippen molar-refractivity contribution in [3.05, 3.63) is 90.0 Å². The van der Waals surface area contributed by atoms with Gasteiger partial charge in [-0.05, 0) is 60.9 Å². The van der Waals surface area contributed by atoms with Crippen molar-refractivity contribution in [2.24, 2.45) is 0 Å². The predicted octanol–water partition coefficient (Wildman–Crippen LogP) is 4.68. The van der Waals surface area contributed by atoms with E-state index in [1.165, 1.54) is 12.1 Å². The number of hydrogen-bond donors (Lipinski definition) is 0. The Hall–Kier alpha value is -3.08. The van der Waals surface area contributed by atoms with Gasteiger partial charge in [-0.2, -0.15) is 0 Å². The van der Waals surface area contributed by atoms with Gasteiger partial charge in [0.25, 0.3) is 5.91 Å². The van der Waals surface area contributed by atoms with Crippen molar-refractivity contribution in [3.63, 3.8) is 0 Å². The predicted molar refractivity (Wildman–Crippen MR) is 106 cm³/mol. The normalized spacial score (nSPS) is 14.8. The van der Waals surface area contributed by atoms with Crippen LogP contribution in [0.4, 0.5) is 4.39 Å². The topological polar surface area (TPSA) is 34.5 Å². The lowest BCUT2D eigenvalue weighted by Crippen LogP contribution is -2.38. The van der Waals surface area contributed by atoms with Crippen LogP contribution >= 0.6 is 0 Å². The first kappa shape index (κ1) is 18.3. The van der Waals surface area contributed by atoms with Crippen molar-refractivity contribution < 1.29 is 13.9 Å². The summed E-state index contributed by atoms with van der Waals surface area (Å²) in [5, 5.41) is 0. The standard InChI is InChI=1S/C23H23FN2O2/c24-20-8-6-18(7-9-20)17-28-22-5-3-4-19(16-22)23(27)26-14-10-21(11-15-26)25-12-1-2-13-25/h1-9,12-13,16,21H,10-11,14-15,17H2. The number of hydrogen-bond acceptors (Lipinski definition) is 2. The largest absolute Gasteiger partial charge is 0.489 e. The number of nitrogens with zero attached hydrogens (tertiary/aromatic N) is 2. The van der Waals surface area contributed by atoms with E-state index >= 15 is 0 Å². The Labute approximate surface area is 164 Å². The first-order valence-corrected chi connectivity index (χ1v) is 9.58. The molecular weight excluding hydrogens is 355 g/mol. The van der Waals surface area contributed by atoms with Crippen LogP contribution in [-0.4, -0.2) is 28.5 Å². The van der Waals surface area contributed by atoms with Crippen LogP contribution in [0.15, 0.2) is 73.1 Å². The number of carbonyl (C=O) groups is 1. The molecule has 0 aliphatic carbocycles. The number of ether oxygens (including phenoxy) is 1. The summed E-state index contributed by atoms with van der Waals surface area (Å²) in [7, 11) is 0. The average Bonchev–Trinajstić information content (AvgIpc) is 3.28. The molecule has 0 bridgehead atoms. The highest BCUT2D eigenvalue weighted by atomic mass is 19.1. The summed E-state index contributed by atoms with van der Waals surface area (Å²) < 4.78 is 21.0. The highest BCUT2D eigenvalue weighted by Gasteiger charge is 2.24. The molecule has 0 unspecified atom stereocenters. The Morgan fingerprint density at radius 3 is 2.43 bits per heavy atom. The van der Waals surface area contributed by atoms with Crippen LogP contribution in [-0.2, 0) is 6.61 Å². The Bertz CT molecular complexity index is 914. The van der Waals surface area contributed by atoms with E-state index in [0.29, 0.717) is 24.0 Å². The van der Waals surface area contributed by atoms with Gasteiger partial charge in [0.05, 0.1) is 0 Å². The zero-order valence-electron chi connectivity index (χ0n) is 15.6. The molecule has 1 aliphatic rings. The summed E-state index contributed by atoms with van der Waals surface area (Å²) in [5.74, 6) is 0.410. The zero-order valence-corrected chi connectivity index (χ0v) is 15.6. The molecule has 144 valence electrons.